The summed E-state index contributed by atoms with van der Waals surface area (Å²) >= 11 is 1.22. The van der Waals surface area contributed by atoms with Gasteiger partial charge in [0.05, 0.1) is 6.61 Å². The van der Waals surface area contributed by atoms with Crippen LogP contribution in [-0.2, 0) is 0 Å². The second-order valence-electron chi connectivity index (χ2n) is 7.56. The second-order valence-corrected chi connectivity index (χ2v) is 8.56. The van der Waals surface area contributed by atoms with Crippen molar-refractivity contribution in [3.8, 4) is 17.0 Å². The Morgan fingerprint density at radius 1 is 0.824 bits per heavy atom. The summed E-state index contributed by atoms with van der Waals surface area (Å²) in [5.41, 5.74) is 2.48. The van der Waals surface area contributed by atoms with Gasteiger partial charge in [-0.1, -0.05) is 73.2 Å². The lowest BCUT2D eigenvalue weighted by Crippen LogP contribution is -2.11. The van der Waals surface area contributed by atoms with Crippen molar-refractivity contribution < 1.29 is 14.3 Å². The molecular formula is C27H25N3O3S. The summed E-state index contributed by atoms with van der Waals surface area (Å²) in [5.74, 6) is 0.212. The number of unbranched alkanes of at least 4 members (excludes halogenated alkanes) is 1. The molecule has 1 aromatic heterocycles. The zero-order valence-corrected chi connectivity index (χ0v) is 19.6. The molecule has 2 N–H and O–H groups in total. The van der Waals surface area contributed by atoms with Crippen LogP contribution in [0.1, 0.15) is 40.5 Å². The molecule has 0 aliphatic heterocycles. The first-order valence-electron chi connectivity index (χ1n) is 11.1. The van der Waals surface area contributed by atoms with Crippen LogP contribution in [-0.4, -0.2) is 23.4 Å². The van der Waals surface area contributed by atoms with E-state index in [0.717, 1.165) is 24.2 Å². The van der Waals surface area contributed by atoms with E-state index in [1.807, 2.05) is 48.5 Å². The summed E-state index contributed by atoms with van der Waals surface area (Å²) in [6.45, 7) is 2.76. The Morgan fingerprint density at radius 2 is 1.44 bits per heavy atom. The maximum absolute atomic E-state index is 12.8. The van der Waals surface area contributed by atoms with Crippen molar-refractivity contribution in [2.24, 2.45) is 0 Å². The normalized spacial score (nSPS) is 10.5. The van der Waals surface area contributed by atoms with Gasteiger partial charge in [-0.25, -0.2) is 4.98 Å². The number of carbonyl (C=O) groups is 2. The summed E-state index contributed by atoms with van der Waals surface area (Å²) in [5, 5.41) is 6.75. The molecule has 7 heteroatoms. The van der Waals surface area contributed by atoms with Crippen molar-refractivity contribution in [1.29, 1.82) is 0 Å². The molecule has 0 spiro atoms. The number of hydrogen-bond donors (Lipinski definition) is 2. The SMILES string of the molecule is CCCCOc1ccc(C(=O)Nc2nc(-c3ccccc3)c(NC(=O)c3ccccc3)s2)cc1. The number of ether oxygens (including phenoxy) is 1. The van der Waals surface area contributed by atoms with Gasteiger partial charge in [-0.3, -0.25) is 14.9 Å². The summed E-state index contributed by atoms with van der Waals surface area (Å²) in [6.07, 6.45) is 2.05. The minimum atomic E-state index is -0.283. The van der Waals surface area contributed by atoms with Crippen molar-refractivity contribution in [2.45, 2.75) is 19.8 Å². The molecule has 0 radical (unpaired) electrons. The maximum atomic E-state index is 12.8. The molecule has 0 aliphatic carbocycles. The van der Waals surface area contributed by atoms with Crippen LogP contribution in [0.3, 0.4) is 0 Å². The van der Waals surface area contributed by atoms with Crippen molar-refractivity contribution in [2.75, 3.05) is 17.2 Å². The number of carbonyl (C=O) groups excluding carboxylic acids is 2. The second kappa shape index (κ2) is 11.2. The summed E-state index contributed by atoms with van der Waals surface area (Å²) in [7, 11) is 0. The standard InChI is InChI=1S/C27H25N3O3S/c1-2-3-18-33-22-16-14-21(15-17-22)25(32)30-27-28-23(19-10-6-4-7-11-19)26(34-27)29-24(31)20-12-8-5-9-13-20/h4-17H,2-3,18H2,1H3,(H,29,31)(H,28,30,32). The molecule has 0 saturated carbocycles. The number of anilines is 2. The van der Waals surface area contributed by atoms with Gasteiger partial charge in [0.1, 0.15) is 16.4 Å². The zero-order valence-electron chi connectivity index (χ0n) is 18.8. The molecule has 0 bridgehead atoms. The molecule has 0 fully saturated rings. The highest BCUT2D eigenvalue weighted by molar-refractivity contribution is 7.20. The topological polar surface area (TPSA) is 80.3 Å². The van der Waals surface area contributed by atoms with Crippen LogP contribution in [0.4, 0.5) is 10.1 Å². The van der Waals surface area contributed by atoms with E-state index in [1.54, 1.807) is 36.4 Å². The molecule has 4 rings (SSSR count). The minimum absolute atomic E-state index is 0.238. The van der Waals surface area contributed by atoms with Crippen LogP contribution >= 0.6 is 11.3 Å². The van der Waals surface area contributed by atoms with E-state index in [0.29, 0.717) is 33.6 Å². The molecule has 172 valence electrons. The lowest BCUT2D eigenvalue weighted by atomic mass is 10.1. The summed E-state index contributed by atoms with van der Waals surface area (Å²) in [4.78, 5) is 30.2. The number of aromatic nitrogens is 1. The van der Waals surface area contributed by atoms with Crippen molar-refractivity contribution in [3.63, 3.8) is 0 Å². The van der Waals surface area contributed by atoms with E-state index in [1.165, 1.54) is 11.3 Å². The van der Waals surface area contributed by atoms with Gasteiger partial charge >= 0.3 is 0 Å². The quantitative estimate of drug-likeness (QED) is 0.273. The Labute approximate surface area is 202 Å². The first-order chi connectivity index (χ1) is 16.6. The van der Waals surface area contributed by atoms with Gasteiger partial charge in [0.2, 0.25) is 0 Å². The lowest BCUT2D eigenvalue weighted by molar-refractivity contribution is 0.101. The number of thiazole rings is 1. The first-order valence-corrected chi connectivity index (χ1v) is 11.9. The Bertz CT molecular complexity index is 1240. The predicted molar refractivity (Wildman–Crippen MR) is 137 cm³/mol. The highest BCUT2D eigenvalue weighted by Crippen LogP contribution is 2.36. The fourth-order valence-corrected chi connectivity index (χ4v) is 4.10. The number of amides is 2. The lowest BCUT2D eigenvalue weighted by Gasteiger charge is -2.06. The van der Waals surface area contributed by atoms with E-state index in [2.05, 4.69) is 22.5 Å². The molecule has 0 aliphatic rings. The maximum Gasteiger partial charge on any atom is 0.257 e. The third-order valence-corrected chi connectivity index (χ3v) is 5.93. The average Bonchev–Trinajstić information content (AvgIpc) is 3.27. The fraction of sp³-hybridized carbons (Fsp3) is 0.148. The Morgan fingerprint density at radius 3 is 2.12 bits per heavy atom. The highest BCUT2D eigenvalue weighted by Gasteiger charge is 2.18. The van der Waals surface area contributed by atoms with Crippen LogP contribution in [0.15, 0.2) is 84.9 Å². The average molecular weight is 472 g/mol. The number of nitrogens with zero attached hydrogens (tertiary/aromatic N) is 1. The van der Waals surface area contributed by atoms with Gasteiger partial charge in [0, 0.05) is 16.7 Å². The van der Waals surface area contributed by atoms with Crippen LogP contribution in [0.2, 0.25) is 0 Å². The van der Waals surface area contributed by atoms with E-state index in [4.69, 9.17) is 4.74 Å². The molecule has 3 aromatic carbocycles. The Balaban J connectivity index is 1.53. The van der Waals surface area contributed by atoms with Gasteiger partial charge in [-0.05, 0) is 42.8 Å². The zero-order chi connectivity index (χ0) is 23.8. The Hall–Kier alpha value is -3.97. The van der Waals surface area contributed by atoms with Crippen LogP contribution < -0.4 is 15.4 Å². The van der Waals surface area contributed by atoms with Gasteiger partial charge in [-0.2, -0.15) is 0 Å². The van der Waals surface area contributed by atoms with Crippen molar-refractivity contribution in [1.82, 2.24) is 4.98 Å². The molecule has 0 atom stereocenters. The summed E-state index contributed by atoms with van der Waals surface area (Å²) in [6, 6.07) is 25.5. The number of benzene rings is 3. The number of hydrogen-bond acceptors (Lipinski definition) is 5. The largest absolute Gasteiger partial charge is 0.494 e. The van der Waals surface area contributed by atoms with Crippen LogP contribution in [0.25, 0.3) is 11.3 Å². The fourth-order valence-electron chi connectivity index (χ4n) is 3.22. The third-order valence-electron chi connectivity index (χ3n) is 5.04. The van der Waals surface area contributed by atoms with E-state index < -0.39 is 0 Å². The van der Waals surface area contributed by atoms with Crippen LogP contribution in [0, 0.1) is 0 Å². The van der Waals surface area contributed by atoms with Crippen LogP contribution in [0.5, 0.6) is 5.75 Å². The molecule has 34 heavy (non-hydrogen) atoms. The minimum Gasteiger partial charge on any atom is -0.494 e. The number of rotatable bonds is 9. The van der Waals surface area contributed by atoms with Gasteiger partial charge in [-0.15, -0.1) is 0 Å². The molecule has 4 aromatic rings. The van der Waals surface area contributed by atoms with E-state index in [-0.39, 0.29) is 11.8 Å². The van der Waals surface area contributed by atoms with Gasteiger partial charge in [0.25, 0.3) is 11.8 Å². The molecular weight excluding hydrogens is 446 g/mol. The van der Waals surface area contributed by atoms with E-state index >= 15 is 0 Å². The predicted octanol–water partition coefficient (Wildman–Crippen LogP) is 6.49. The van der Waals surface area contributed by atoms with Gasteiger partial charge < -0.3 is 10.1 Å². The molecule has 0 saturated heterocycles. The summed E-state index contributed by atoms with van der Waals surface area (Å²) < 4.78 is 5.66. The molecule has 6 nitrogen and oxygen atoms in total. The third kappa shape index (κ3) is 5.88. The van der Waals surface area contributed by atoms with Crippen molar-refractivity contribution >= 4 is 33.3 Å². The Kier molecular flexibility index (Phi) is 7.67. The molecule has 1 heterocycles. The molecule has 2 amide bonds. The smallest absolute Gasteiger partial charge is 0.257 e. The van der Waals surface area contributed by atoms with Crippen molar-refractivity contribution in [3.05, 3.63) is 96.1 Å². The highest BCUT2D eigenvalue weighted by atomic mass is 32.1. The number of nitrogens with one attached hydrogen (secondary N) is 2. The first kappa shape index (κ1) is 23.2. The molecule has 0 unspecified atom stereocenters. The monoisotopic (exact) mass is 471 g/mol. The van der Waals surface area contributed by atoms with E-state index in [9.17, 15) is 9.59 Å². The van der Waals surface area contributed by atoms with Gasteiger partial charge in [0.15, 0.2) is 5.13 Å².